The number of rotatable bonds is 6. The van der Waals surface area contributed by atoms with Crippen molar-refractivity contribution < 1.29 is 32.2 Å². The normalized spacial score (nSPS) is 17.1. The summed E-state index contributed by atoms with van der Waals surface area (Å²) in [5.41, 5.74) is 0.00285. The van der Waals surface area contributed by atoms with Gasteiger partial charge < -0.3 is 19.2 Å². The molecular formula is C31H30F3N5O4. The van der Waals surface area contributed by atoms with Crippen LogP contribution in [0.2, 0.25) is 0 Å². The number of hydrogen-bond acceptors (Lipinski definition) is 7. The molecule has 2 aromatic carbocycles. The van der Waals surface area contributed by atoms with Crippen molar-refractivity contribution in [2.24, 2.45) is 0 Å². The molecule has 2 atom stereocenters. The maximum absolute atomic E-state index is 14.3. The Labute approximate surface area is 245 Å². The minimum absolute atomic E-state index is 0.0171. The SMILES string of the molecule is COc1ccc(-c2nc3c(C(=O)N4CCN(C(CO)c5cc6ccccc6o5)C[C@H]4C)cnn3c(C(F)(F)F)c2C)cc1. The standard InChI is InChI=1S/C31H30F3N5O4/c1-18-16-37(24(17-40)26-14-21-6-4-5-7-25(21)43-26)12-13-38(18)30(41)23-15-35-39-28(31(32,33)34)19(2)27(36-29(23)39)20-8-10-22(42-3)11-9-20/h4-11,14-15,18,24,40H,12-13,16-17H2,1-3H3/t18-,24?/m1/s1. The predicted molar refractivity (Wildman–Crippen MR) is 153 cm³/mol. The molecule has 0 bridgehead atoms. The van der Waals surface area contributed by atoms with E-state index in [2.05, 4.69) is 10.1 Å². The van der Waals surface area contributed by atoms with E-state index in [1.54, 1.807) is 29.2 Å². The topological polar surface area (TPSA) is 96.3 Å². The lowest BCUT2D eigenvalue weighted by Gasteiger charge is -2.42. The summed E-state index contributed by atoms with van der Waals surface area (Å²) in [6.45, 7) is 4.17. The van der Waals surface area contributed by atoms with Gasteiger partial charge in [0.15, 0.2) is 11.3 Å². The highest BCUT2D eigenvalue weighted by Gasteiger charge is 2.40. The van der Waals surface area contributed by atoms with Gasteiger partial charge in [0.2, 0.25) is 0 Å². The summed E-state index contributed by atoms with van der Waals surface area (Å²) in [5, 5.41) is 15.2. The molecule has 1 amide bonds. The summed E-state index contributed by atoms with van der Waals surface area (Å²) in [6.07, 6.45) is -3.59. The van der Waals surface area contributed by atoms with Crippen molar-refractivity contribution in [1.82, 2.24) is 24.4 Å². The van der Waals surface area contributed by atoms with Crippen molar-refractivity contribution in [2.45, 2.75) is 32.1 Å². The Morgan fingerprint density at radius 1 is 1.16 bits per heavy atom. The number of benzene rings is 2. The average Bonchev–Trinajstić information content (AvgIpc) is 3.60. The van der Waals surface area contributed by atoms with E-state index >= 15 is 0 Å². The molecule has 0 radical (unpaired) electrons. The van der Waals surface area contributed by atoms with Crippen molar-refractivity contribution in [3.8, 4) is 17.0 Å². The lowest BCUT2D eigenvalue weighted by Crippen LogP contribution is -2.55. The Balaban J connectivity index is 1.31. The number of ether oxygens (including phenoxy) is 1. The highest BCUT2D eigenvalue weighted by molar-refractivity contribution is 6.00. The van der Waals surface area contributed by atoms with Crippen LogP contribution in [0.3, 0.4) is 0 Å². The van der Waals surface area contributed by atoms with E-state index in [-0.39, 0.29) is 41.7 Å². The fourth-order valence-corrected chi connectivity index (χ4v) is 5.86. The molecule has 6 rings (SSSR count). The Morgan fingerprint density at radius 2 is 1.91 bits per heavy atom. The van der Waals surface area contributed by atoms with Crippen LogP contribution in [0.25, 0.3) is 27.9 Å². The second-order valence-corrected chi connectivity index (χ2v) is 10.7. The Bertz CT molecular complexity index is 1760. The number of halogens is 3. The number of aromatic nitrogens is 3. The first-order chi connectivity index (χ1) is 20.6. The number of methoxy groups -OCH3 is 1. The van der Waals surface area contributed by atoms with Gasteiger partial charge in [0.1, 0.15) is 22.7 Å². The van der Waals surface area contributed by atoms with Crippen molar-refractivity contribution in [2.75, 3.05) is 33.4 Å². The van der Waals surface area contributed by atoms with Crippen LogP contribution in [0.4, 0.5) is 13.2 Å². The molecule has 3 aromatic heterocycles. The molecule has 12 heteroatoms. The molecule has 1 aliphatic rings. The van der Waals surface area contributed by atoms with Crippen LogP contribution in [0.1, 0.15) is 40.3 Å². The number of carbonyl (C=O) groups is 1. The summed E-state index contributed by atoms with van der Waals surface area (Å²) >= 11 is 0. The molecule has 1 unspecified atom stereocenters. The fourth-order valence-electron chi connectivity index (χ4n) is 5.86. The number of fused-ring (bicyclic) bond motifs is 2. The van der Waals surface area contributed by atoms with Gasteiger partial charge in [-0.1, -0.05) is 18.2 Å². The third kappa shape index (κ3) is 5.10. The minimum atomic E-state index is -4.74. The molecule has 9 nitrogen and oxygen atoms in total. The first-order valence-electron chi connectivity index (χ1n) is 13.8. The number of furan rings is 1. The third-order valence-corrected chi connectivity index (χ3v) is 8.05. The van der Waals surface area contributed by atoms with Gasteiger partial charge >= 0.3 is 6.18 Å². The number of hydrogen-bond donors (Lipinski definition) is 1. The summed E-state index contributed by atoms with van der Waals surface area (Å²) in [5.74, 6) is 0.718. The summed E-state index contributed by atoms with van der Waals surface area (Å²) < 4.78 is 54.9. The minimum Gasteiger partial charge on any atom is -0.497 e. The van der Waals surface area contributed by atoms with E-state index in [1.165, 1.54) is 14.0 Å². The number of piperazine rings is 1. The molecule has 1 N–H and O–H groups in total. The van der Waals surface area contributed by atoms with E-state index in [0.29, 0.717) is 34.7 Å². The van der Waals surface area contributed by atoms with Crippen LogP contribution in [0.15, 0.2) is 65.2 Å². The summed E-state index contributed by atoms with van der Waals surface area (Å²) in [6, 6.07) is 15.3. The fraction of sp³-hybridized carbons (Fsp3) is 0.323. The number of aliphatic hydroxyl groups is 1. The maximum Gasteiger partial charge on any atom is 0.433 e. The van der Waals surface area contributed by atoms with E-state index in [0.717, 1.165) is 17.2 Å². The molecule has 43 heavy (non-hydrogen) atoms. The predicted octanol–water partition coefficient (Wildman–Crippen LogP) is 5.36. The number of amides is 1. The highest BCUT2D eigenvalue weighted by Crippen LogP contribution is 2.37. The monoisotopic (exact) mass is 593 g/mol. The molecule has 0 spiro atoms. The van der Waals surface area contributed by atoms with Crippen molar-refractivity contribution >= 4 is 22.5 Å². The van der Waals surface area contributed by atoms with Gasteiger partial charge in [-0.2, -0.15) is 18.3 Å². The number of aliphatic hydroxyl groups excluding tert-OH is 1. The second-order valence-electron chi connectivity index (χ2n) is 10.7. The summed E-state index contributed by atoms with van der Waals surface area (Å²) in [7, 11) is 1.50. The zero-order chi connectivity index (χ0) is 30.5. The van der Waals surface area contributed by atoms with Gasteiger partial charge in [-0.25, -0.2) is 9.50 Å². The quantitative estimate of drug-likeness (QED) is 0.283. The van der Waals surface area contributed by atoms with Crippen LogP contribution in [-0.2, 0) is 6.18 Å². The van der Waals surface area contributed by atoms with Crippen molar-refractivity contribution in [3.05, 3.63) is 83.4 Å². The van der Waals surface area contributed by atoms with Gasteiger partial charge in [-0.3, -0.25) is 9.69 Å². The second kappa shape index (κ2) is 11.0. The molecular weight excluding hydrogens is 563 g/mol. The van der Waals surface area contributed by atoms with Gasteiger partial charge in [0.25, 0.3) is 5.91 Å². The van der Waals surface area contributed by atoms with Crippen LogP contribution >= 0.6 is 0 Å². The zero-order valence-electron chi connectivity index (χ0n) is 23.8. The average molecular weight is 594 g/mol. The number of para-hydroxylation sites is 1. The molecule has 224 valence electrons. The molecule has 5 aromatic rings. The number of alkyl halides is 3. The Kier molecular flexibility index (Phi) is 7.35. The number of carbonyl (C=O) groups excluding carboxylic acids is 1. The Morgan fingerprint density at radius 3 is 2.56 bits per heavy atom. The first kappa shape index (κ1) is 28.7. The van der Waals surface area contributed by atoms with Crippen LogP contribution in [0.5, 0.6) is 5.75 Å². The molecule has 1 aliphatic heterocycles. The van der Waals surface area contributed by atoms with Gasteiger partial charge in [-0.15, -0.1) is 0 Å². The maximum atomic E-state index is 14.3. The van der Waals surface area contributed by atoms with E-state index in [1.807, 2.05) is 42.2 Å². The number of nitrogens with zero attached hydrogens (tertiary/aromatic N) is 5. The van der Waals surface area contributed by atoms with E-state index in [4.69, 9.17) is 9.15 Å². The lowest BCUT2D eigenvalue weighted by molar-refractivity contribution is -0.143. The van der Waals surface area contributed by atoms with Crippen molar-refractivity contribution in [3.63, 3.8) is 0 Å². The molecule has 0 saturated carbocycles. The molecule has 1 saturated heterocycles. The lowest BCUT2D eigenvalue weighted by atomic mass is 10.0. The van der Waals surface area contributed by atoms with Gasteiger partial charge in [-0.05, 0) is 50.2 Å². The van der Waals surface area contributed by atoms with Gasteiger partial charge in [0, 0.05) is 42.2 Å². The van der Waals surface area contributed by atoms with Crippen LogP contribution in [0, 0.1) is 6.92 Å². The van der Waals surface area contributed by atoms with Gasteiger partial charge in [0.05, 0.1) is 31.6 Å². The van der Waals surface area contributed by atoms with E-state index in [9.17, 15) is 23.1 Å². The van der Waals surface area contributed by atoms with Crippen LogP contribution < -0.4 is 4.74 Å². The Hall–Kier alpha value is -4.42. The molecule has 1 fully saturated rings. The van der Waals surface area contributed by atoms with E-state index < -0.39 is 23.8 Å². The van der Waals surface area contributed by atoms with Crippen LogP contribution in [-0.4, -0.2) is 74.8 Å². The summed E-state index contributed by atoms with van der Waals surface area (Å²) in [4.78, 5) is 22.1. The third-order valence-electron chi connectivity index (χ3n) is 8.05. The highest BCUT2D eigenvalue weighted by atomic mass is 19.4. The largest absolute Gasteiger partial charge is 0.497 e. The smallest absolute Gasteiger partial charge is 0.433 e. The molecule has 4 heterocycles. The van der Waals surface area contributed by atoms with Crippen molar-refractivity contribution in [1.29, 1.82) is 0 Å². The zero-order valence-corrected chi connectivity index (χ0v) is 23.8. The molecule has 0 aliphatic carbocycles. The first-order valence-corrected chi connectivity index (χ1v) is 13.8.